The first-order valence-electron chi connectivity index (χ1n) is 8.55. The number of ether oxygens (including phenoxy) is 2. The van der Waals surface area contributed by atoms with Gasteiger partial charge in [-0.05, 0) is 0 Å². The second-order valence-corrected chi connectivity index (χ2v) is 6.06. The van der Waals surface area contributed by atoms with Crippen LogP contribution in [0.25, 0.3) is 28.1 Å². The fraction of sp³-hybridized carbons (Fsp3) is 0.211. The summed E-state index contributed by atoms with van der Waals surface area (Å²) in [6.07, 6.45) is 2.87. The molecule has 28 heavy (non-hydrogen) atoms. The molecule has 3 heterocycles. The molecule has 0 aliphatic heterocycles. The molecule has 4 aromatic rings. The molecule has 9 nitrogen and oxygen atoms in total. The molecule has 0 radical (unpaired) electrons. The summed E-state index contributed by atoms with van der Waals surface area (Å²) in [6.45, 7) is 0.614. The third-order valence-electron chi connectivity index (χ3n) is 4.37. The zero-order valence-electron chi connectivity index (χ0n) is 15.3. The summed E-state index contributed by atoms with van der Waals surface area (Å²) in [6, 6.07) is 9.39. The summed E-state index contributed by atoms with van der Waals surface area (Å²) in [5.74, 6) is 0.144. The zero-order valence-corrected chi connectivity index (χ0v) is 15.3. The summed E-state index contributed by atoms with van der Waals surface area (Å²) in [7, 11) is 2.83. The Morgan fingerprint density at radius 3 is 2.68 bits per heavy atom. The summed E-state index contributed by atoms with van der Waals surface area (Å²) in [5.41, 5.74) is 1.01. The van der Waals surface area contributed by atoms with Crippen LogP contribution in [0.2, 0.25) is 0 Å². The van der Waals surface area contributed by atoms with Gasteiger partial charge in [-0.1, -0.05) is 30.3 Å². The van der Waals surface area contributed by atoms with E-state index in [2.05, 4.69) is 15.1 Å². The Hall–Kier alpha value is -3.59. The minimum absolute atomic E-state index is 0.199. The summed E-state index contributed by atoms with van der Waals surface area (Å²) >= 11 is 0. The van der Waals surface area contributed by atoms with Crippen LogP contribution in [0.1, 0.15) is 10.4 Å². The lowest BCUT2D eigenvalue weighted by Gasteiger charge is -2.11. The molecule has 0 spiro atoms. The molecule has 9 heteroatoms. The summed E-state index contributed by atoms with van der Waals surface area (Å²) in [5, 5.41) is 4.73. The van der Waals surface area contributed by atoms with Crippen LogP contribution in [0.3, 0.4) is 0 Å². The predicted molar refractivity (Wildman–Crippen MR) is 101 cm³/mol. The van der Waals surface area contributed by atoms with Gasteiger partial charge in [0.15, 0.2) is 5.82 Å². The highest BCUT2D eigenvalue weighted by Crippen LogP contribution is 2.20. The number of pyridine rings is 1. The van der Waals surface area contributed by atoms with Gasteiger partial charge in [0, 0.05) is 31.6 Å². The van der Waals surface area contributed by atoms with Gasteiger partial charge in [-0.15, -0.1) is 5.10 Å². The van der Waals surface area contributed by atoms with E-state index in [1.165, 1.54) is 28.6 Å². The minimum Gasteiger partial charge on any atom is -0.465 e. The number of aromatic nitrogens is 5. The van der Waals surface area contributed by atoms with Gasteiger partial charge in [0.05, 0.1) is 24.6 Å². The minimum atomic E-state index is -0.583. The number of carbonyl (C=O) groups excluding carboxylic acids is 1. The Balaban J connectivity index is 2.03. The highest BCUT2D eigenvalue weighted by Gasteiger charge is 2.20. The number of esters is 1. The molecule has 0 atom stereocenters. The number of methoxy groups -OCH3 is 2. The van der Waals surface area contributed by atoms with Crippen LogP contribution in [-0.4, -0.2) is 50.9 Å². The number of benzene rings is 1. The van der Waals surface area contributed by atoms with Crippen molar-refractivity contribution in [3.8, 4) is 11.4 Å². The first-order valence-corrected chi connectivity index (χ1v) is 8.55. The molecule has 4 rings (SSSR count). The number of rotatable bonds is 5. The number of nitrogens with zero attached hydrogens (tertiary/aromatic N) is 5. The predicted octanol–water partition coefficient (Wildman–Crippen LogP) is 1.54. The van der Waals surface area contributed by atoms with Gasteiger partial charge >= 0.3 is 5.97 Å². The van der Waals surface area contributed by atoms with Crippen LogP contribution < -0.4 is 5.56 Å². The molecule has 0 fully saturated rings. The van der Waals surface area contributed by atoms with E-state index in [4.69, 9.17) is 9.47 Å². The topological polar surface area (TPSA) is 101 Å². The monoisotopic (exact) mass is 379 g/mol. The quantitative estimate of drug-likeness (QED) is 0.485. The van der Waals surface area contributed by atoms with Crippen molar-refractivity contribution >= 4 is 22.6 Å². The molecular formula is C19H17N5O4. The standard InChI is InChI=1S/C19H17N5O4/c1-27-9-8-23-11-14(18(26)28-2)15-13(17(23)25)10-20-19-21-16(22-24(15)19)12-6-4-3-5-7-12/h3-7,10-11H,8-9H2,1-2H3. The molecule has 0 bridgehead atoms. The third kappa shape index (κ3) is 2.91. The summed E-state index contributed by atoms with van der Waals surface area (Å²) < 4.78 is 12.8. The number of fused-ring (bicyclic) bond motifs is 3. The average Bonchev–Trinajstić information content (AvgIpc) is 3.18. The van der Waals surface area contributed by atoms with Crippen molar-refractivity contribution < 1.29 is 14.3 Å². The van der Waals surface area contributed by atoms with Crippen molar-refractivity contribution in [2.45, 2.75) is 6.54 Å². The van der Waals surface area contributed by atoms with E-state index in [-0.39, 0.29) is 22.3 Å². The van der Waals surface area contributed by atoms with Crippen LogP contribution in [0, 0.1) is 0 Å². The average molecular weight is 379 g/mol. The first-order chi connectivity index (χ1) is 13.6. The maximum atomic E-state index is 12.9. The Labute approximate surface area is 159 Å². The van der Waals surface area contributed by atoms with E-state index in [9.17, 15) is 9.59 Å². The first kappa shape index (κ1) is 17.8. The lowest BCUT2D eigenvalue weighted by atomic mass is 10.2. The summed E-state index contributed by atoms with van der Waals surface area (Å²) in [4.78, 5) is 34.0. The Kier molecular flexibility index (Phi) is 4.58. The van der Waals surface area contributed by atoms with E-state index in [1.54, 1.807) is 7.11 Å². The Bertz CT molecular complexity index is 1230. The molecule has 0 saturated carbocycles. The fourth-order valence-corrected chi connectivity index (χ4v) is 3.01. The second kappa shape index (κ2) is 7.20. The normalized spacial score (nSPS) is 11.2. The molecule has 0 aliphatic carbocycles. The highest BCUT2D eigenvalue weighted by molar-refractivity contribution is 6.02. The molecule has 0 aliphatic rings. The fourth-order valence-electron chi connectivity index (χ4n) is 3.01. The van der Waals surface area contributed by atoms with Crippen LogP contribution >= 0.6 is 0 Å². The van der Waals surface area contributed by atoms with Crippen LogP contribution in [0.4, 0.5) is 0 Å². The third-order valence-corrected chi connectivity index (χ3v) is 4.37. The zero-order chi connectivity index (χ0) is 19.7. The van der Waals surface area contributed by atoms with Gasteiger partial charge in [0.2, 0.25) is 0 Å². The molecule has 0 saturated heterocycles. The van der Waals surface area contributed by atoms with Crippen molar-refractivity contribution in [2.24, 2.45) is 0 Å². The van der Waals surface area contributed by atoms with E-state index < -0.39 is 5.97 Å². The molecule has 0 amide bonds. The van der Waals surface area contributed by atoms with Crippen molar-refractivity contribution in [1.29, 1.82) is 0 Å². The molecule has 142 valence electrons. The van der Waals surface area contributed by atoms with Crippen molar-refractivity contribution in [3.05, 3.63) is 58.6 Å². The van der Waals surface area contributed by atoms with E-state index in [0.29, 0.717) is 24.5 Å². The van der Waals surface area contributed by atoms with Crippen LogP contribution in [0.5, 0.6) is 0 Å². The van der Waals surface area contributed by atoms with Crippen molar-refractivity contribution in [3.63, 3.8) is 0 Å². The lowest BCUT2D eigenvalue weighted by Crippen LogP contribution is -2.25. The van der Waals surface area contributed by atoms with E-state index >= 15 is 0 Å². The van der Waals surface area contributed by atoms with Gasteiger partial charge in [-0.3, -0.25) is 4.79 Å². The smallest absolute Gasteiger partial charge is 0.341 e. The maximum absolute atomic E-state index is 12.9. The van der Waals surface area contributed by atoms with E-state index in [1.807, 2.05) is 30.3 Å². The number of carbonyl (C=O) groups is 1. The van der Waals surface area contributed by atoms with Gasteiger partial charge in [-0.25, -0.2) is 9.78 Å². The Morgan fingerprint density at radius 1 is 1.18 bits per heavy atom. The van der Waals surface area contributed by atoms with Gasteiger partial charge in [-0.2, -0.15) is 9.50 Å². The SMILES string of the molecule is COCCn1cc(C(=O)OC)c2c(cnc3nc(-c4ccccc4)nn32)c1=O. The van der Waals surface area contributed by atoms with E-state index in [0.717, 1.165) is 5.56 Å². The van der Waals surface area contributed by atoms with Gasteiger partial charge < -0.3 is 14.0 Å². The van der Waals surface area contributed by atoms with Crippen molar-refractivity contribution in [2.75, 3.05) is 20.8 Å². The number of hydrogen-bond donors (Lipinski definition) is 0. The van der Waals surface area contributed by atoms with Crippen molar-refractivity contribution in [1.82, 2.24) is 24.1 Å². The molecule has 0 N–H and O–H groups in total. The number of hydrogen-bond acceptors (Lipinski definition) is 7. The second-order valence-electron chi connectivity index (χ2n) is 6.06. The maximum Gasteiger partial charge on any atom is 0.341 e. The molecular weight excluding hydrogens is 362 g/mol. The molecule has 1 aromatic carbocycles. The molecule has 0 unspecified atom stereocenters. The van der Waals surface area contributed by atoms with Gasteiger partial charge in [0.1, 0.15) is 5.56 Å². The highest BCUT2D eigenvalue weighted by atomic mass is 16.5. The van der Waals surface area contributed by atoms with Crippen LogP contribution in [0.15, 0.2) is 47.5 Å². The molecule has 3 aromatic heterocycles. The van der Waals surface area contributed by atoms with Gasteiger partial charge in [0.25, 0.3) is 11.3 Å². The Morgan fingerprint density at radius 2 is 1.96 bits per heavy atom. The largest absolute Gasteiger partial charge is 0.465 e. The lowest BCUT2D eigenvalue weighted by molar-refractivity contribution is 0.0601. The van der Waals surface area contributed by atoms with Crippen LogP contribution in [-0.2, 0) is 16.0 Å².